The zero-order chi connectivity index (χ0) is 15.7. The molecule has 7 nitrogen and oxygen atoms in total. The number of nitrogens with two attached hydrogens (primary N) is 1. The van der Waals surface area contributed by atoms with Crippen molar-refractivity contribution in [2.45, 2.75) is 6.10 Å². The molecule has 22 heavy (non-hydrogen) atoms. The molecule has 3 amide bonds. The number of primary amides is 1. The van der Waals surface area contributed by atoms with Crippen LogP contribution in [0.2, 0.25) is 0 Å². The lowest BCUT2D eigenvalue weighted by Crippen LogP contribution is -2.51. The van der Waals surface area contributed by atoms with Crippen LogP contribution in [0.5, 0.6) is 5.75 Å². The maximum atomic E-state index is 12.5. The second-order valence-corrected chi connectivity index (χ2v) is 6.01. The van der Waals surface area contributed by atoms with Crippen molar-refractivity contribution in [1.82, 2.24) is 4.90 Å². The molecule has 0 aromatic heterocycles. The van der Waals surface area contributed by atoms with Crippen LogP contribution >= 0.6 is 11.8 Å². The van der Waals surface area contributed by atoms with Crippen molar-refractivity contribution in [2.75, 3.05) is 29.6 Å². The third-order valence-electron chi connectivity index (χ3n) is 3.54. The number of nitrogens with zero attached hydrogens (tertiary/aromatic N) is 2. The summed E-state index contributed by atoms with van der Waals surface area (Å²) < 4.78 is 5.51. The predicted molar refractivity (Wildman–Crippen MR) is 81.4 cm³/mol. The monoisotopic (exact) mass is 321 g/mol. The number of benzene rings is 1. The molecule has 1 fully saturated rings. The van der Waals surface area contributed by atoms with E-state index in [4.69, 9.17) is 10.5 Å². The van der Waals surface area contributed by atoms with Gasteiger partial charge in [-0.2, -0.15) is 0 Å². The molecule has 1 aromatic rings. The molecule has 0 aliphatic carbocycles. The minimum atomic E-state index is -0.887. The van der Waals surface area contributed by atoms with Gasteiger partial charge in [0.2, 0.25) is 11.8 Å². The number of hydrogen-bond acceptors (Lipinski definition) is 5. The van der Waals surface area contributed by atoms with Crippen LogP contribution in [0, 0.1) is 0 Å². The van der Waals surface area contributed by atoms with Crippen LogP contribution in [0.3, 0.4) is 0 Å². The van der Waals surface area contributed by atoms with Gasteiger partial charge in [0, 0.05) is 0 Å². The van der Waals surface area contributed by atoms with Crippen molar-refractivity contribution in [3.63, 3.8) is 0 Å². The number of anilines is 1. The normalized spacial score (nSPS) is 20.5. The Morgan fingerprint density at radius 1 is 1.36 bits per heavy atom. The van der Waals surface area contributed by atoms with E-state index in [0.717, 1.165) is 0 Å². The molecule has 0 unspecified atom stereocenters. The van der Waals surface area contributed by atoms with Gasteiger partial charge in [0.1, 0.15) is 12.3 Å². The third kappa shape index (κ3) is 2.74. The number of para-hydroxylation sites is 2. The fraction of sp³-hybridized carbons (Fsp3) is 0.357. The van der Waals surface area contributed by atoms with Gasteiger partial charge in [-0.1, -0.05) is 12.1 Å². The molecule has 1 aromatic carbocycles. The van der Waals surface area contributed by atoms with Crippen molar-refractivity contribution in [2.24, 2.45) is 5.73 Å². The molecule has 0 bridgehead atoms. The maximum absolute atomic E-state index is 12.5. The van der Waals surface area contributed by atoms with Gasteiger partial charge < -0.3 is 20.3 Å². The van der Waals surface area contributed by atoms with E-state index in [1.54, 1.807) is 24.3 Å². The van der Waals surface area contributed by atoms with Gasteiger partial charge in [-0.05, 0) is 12.1 Å². The van der Waals surface area contributed by atoms with E-state index in [2.05, 4.69) is 0 Å². The summed E-state index contributed by atoms with van der Waals surface area (Å²) in [6, 6.07) is 6.96. The lowest BCUT2D eigenvalue weighted by molar-refractivity contribution is -0.132. The topological polar surface area (TPSA) is 92.9 Å². The van der Waals surface area contributed by atoms with Crippen molar-refractivity contribution < 1.29 is 19.1 Å². The Kier molecular flexibility index (Phi) is 3.93. The lowest BCUT2D eigenvalue weighted by Gasteiger charge is -2.34. The molecule has 3 rings (SSSR count). The Morgan fingerprint density at radius 3 is 2.82 bits per heavy atom. The molecule has 1 saturated heterocycles. The first-order valence-corrected chi connectivity index (χ1v) is 7.92. The van der Waals surface area contributed by atoms with Crippen LogP contribution in [-0.4, -0.2) is 53.4 Å². The summed E-state index contributed by atoms with van der Waals surface area (Å²) in [5.74, 6) is 0.421. The highest BCUT2D eigenvalue weighted by atomic mass is 32.2. The SMILES string of the molecule is NC(=O)[C@H]1CN(C(=O)CN2CSCC2=O)c2ccccc2O1. The molecule has 0 spiro atoms. The second-order valence-electron chi connectivity index (χ2n) is 5.05. The molecule has 2 N–H and O–H groups in total. The first kappa shape index (κ1) is 14.7. The molecule has 2 heterocycles. The minimum absolute atomic E-state index is 0.00828. The minimum Gasteiger partial charge on any atom is -0.477 e. The zero-order valence-corrected chi connectivity index (χ0v) is 12.5. The summed E-state index contributed by atoms with van der Waals surface area (Å²) in [7, 11) is 0. The molecule has 0 radical (unpaired) electrons. The van der Waals surface area contributed by atoms with E-state index in [1.807, 2.05) is 0 Å². The van der Waals surface area contributed by atoms with Gasteiger partial charge in [0.05, 0.1) is 23.9 Å². The number of carbonyl (C=O) groups is 3. The second kappa shape index (κ2) is 5.88. The number of hydrogen-bond donors (Lipinski definition) is 1. The zero-order valence-electron chi connectivity index (χ0n) is 11.7. The summed E-state index contributed by atoms with van der Waals surface area (Å²) in [6.45, 7) is 0.0476. The van der Waals surface area contributed by atoms with Crippen LogP contribution in [0.15, 0.2) is 24.3 Å². The summed E-state index contributed by atoms with van der Waals surface area (Å²) in [5, 5.41) is 0. The smallest absolute Gasteiger partial charge is 0.260 e. The van der Waals surface area contributed by atoms with E-state index in [1.165, 1.54) is 21.6 Å². The van der Waals surface area contributed by atoms with E-state index < -0.39 is 12.0 Å². The first-order chi connectivity index (χ1) is 10.6. The molecule has 2 aliphatic heterocycles. The Bertz CT molecular complexity index is 636. The van der Waals surface area contributed by atoms with Crippen molar-refractivity contribution in [1.29, 1.82) is 0 Å². The molecule has 1 atom stereocenters. The molecule has 8 heteroatoms. The summed E-state index contributed by atoms with van der Waals surface area (Å²) in [5.41, 5.74) is 5.89. The van der Waals surface area contributed by atoms with Crippen LogP contribution in [0.1, 0.15) is 0 Å². The highest BCUT2D eigenvalue weighted by Gasteiger charge is 2.34. The highest BCUT2D eigenvalue weighted by molar-refractivity contribution is 8.00. The Morgan fingerprint density at radius 2 is 2.14 bits per heavy atom. The van der Waals surface area contributed by atoms with Crippen LogP contribution in [-0.2, 0) is 14.4 Å². The largest absolute Gasteiger partial charge is 0.477 e. The third-order valence-corrected chi connectivity index (χ3v) is 4.49. The summed E-state index contributed by atoms with van der Waals surface area (Å²) >= 11 is 1.48. The molecular weight excluding hydrogens is 306 g/mol. The average molecular weight is 321 g/mol. The fourth-order valence-electron chi connectivity index (χ4n) is 2.41. The van der Waals surface area contributed by atoms with E-state index in [-0.39, 0.29) is 24.9 Å². The van der Waals surface area contributed by atoms with Crippen molar-refractivity contribution >= 4 is 35.2 Å². The Balaban J connectivity index is 1.83. The average Bonchev–Trinajstić information content (AvgIpc) is 2.91. The first-order valence-electron chi connectivity index (χ1n) is 6.77. The lowest BCUT2D eigenvalue weighted by atomic mass is 10.1. The van der Waals surface area contributed by atoms with E-state index in [0.29, 0.717) is 23.1 Å². The van der Waals surface area contributed by atoms with Gasteiger partial charge in [-0.15, -0.1) is 11.8 Å². The number of carbonyl (C=O) groups excluding carboxylic acids is 3. The molecule has 0 saturated carbocycles. The number of fused-ring (bicyclic) bond motifs is 1. The van der Waals surface area contributed by atoms with Crippen molar-refractivity contribution in [3.05, 3.63) is 24.3 Å². The van der Waals surface area contributed by atoms with Gasteiger partial charge in [0.15, 0.2) is 6.10 Å². The van der Waals surface area contributed by atoms with Crippen molar-refractivity contribution in [3.8, 4) is 5.75 Å². The Hall–Kier alpha value is -2.22. The van der Waals surface area contributed by atoms with Crippen LogP contribution in [0.4, 0.5) is 5.69 Å². The summed E-state index contributed by atoms with van der Waals surface area (Å²) in [6.07, 6.45) is -0.887. The summed E-state index contributed by atoms with van der Waals surface area (Å²) in [4.78, 5) is 38.6. The standard InChI is InChI=1S/C14H15N3O4S/c15-14(20)11-5-17(9-3-1-2-4-10(9)21-11)12(18)6-16-8-22-7-13(16)19/h1-4,11H,5-8H2,(H2,15,20)/t11-/m1/s1. The van der Waals surface area contributed by atoms with Gasteiger partial charge in [-0.25, -0.2) is 0 Å². The van der Waals surface area contributed by atoms with E-state index in [9.17, 15) is 14.4 Å². The predicted octanol–water partition coefficient (Wildman–Crippen LogP) is -0.201. The fourth-order valence-corrected chi connectivity index (χ4v) is 3.31. The number of thioether (sulfide) groups is 1. The number of rotatable bonds is 3. The highest BCUT2D eigenvalue weighted by Crippen LogP contribution is 2.33. The number of amides is 3. The van der Waals surface area contributed by atoms with E-state index >= 15 is 0 Å². The molecular formula is C14H15N3O4S. The van der Waals surface area contributed by atoms with Gasteiger partial charge in [0.25, 0.3) is 5.91 Å². The maximum Gasteiger partial charge on any atom is 0.260 e. The number of ether oxygens (including phenoxy) is 1. The molecule has 116 valence electrons. The Labute approximate surface area is 131 Å². The van der Waals surface area contributed by atoms with Crippen LogP contribution in [0.25, 0.3) is 0 Å². The van der Waals surface area contributed by atoms with Gasteiger partial charge >= 0.3 is 0 Å². The van der Waals surface area contributed by atoms with Crippen LogP contribution < -0.4 is 15.4 Å². The molecule has 2 aliphatic rings. The van der Waals surface area contributed by atoms with Gasteiger partial charge in [-0.3, -0.25) is 14.4 Å². The quantitative estimate of drug-likeness (QED) is 0.832.